The molecule has 0 unspecified atom stereocenters. The Morgan fingerprint density at radius 2 is 2.24 bits per heavy atom. The van der Waals surface area contributed by atoms with Crippen LogP contribution < -0.4 is 10.1 Å². The van der Waals surface area contributed by atoms with Crippen molar-refractivity contribution in [2.24, 2.45) is 0 Å². The lowest BCUT2D eigenvalue weighted by molar-refractivity contribution is -0.113. The van der Waals surface area contributed by atoms with Crippen LogP contribution in [0.5, 0.6) is 5.75 Å². The molecule has 0 radical (unpaired) electrons. The first kappa shape index (κ1) is 14.0. The minimum Gasteiger partial charge on any atom is -0.492 e. The molecule has 0 aromatic heterocycles. The molecule has 0 saturated heterocycles. The molecule has 0 bridgehead atoms. The van der Waals surface area contributed by atoms with Gasteiger partial charge in [0.25, 0.3) is 0 Å². The van der Waals surface area contributed by atoms with Gasteiger partial charge in [-0.05, 0) is 26.2 Å². The zero-order valence-electron chi connectivity index (χ0n) is 10.1. The Kier molecular flexibility index (Phi) is 6.00. The maximum absolute atomic E-state index is 11.2. The van der Waals surface area contributed by atoms with E-state index in [1.54, 1.807) is 0 Å². The van der Waals surface area contributed by atoms with Gasteiger partial charge in [-0.15, -0.1) is 0 Å². The third kappa shape index (κ3) is 5.70. The molecule has 1 N–H and O–H groups in total. The van der Waals surface area contributed by atoms with E-state index < -0.39 is 0 Å². The molecular weight excluding hydrogens is 284 g/mol. The van der Waals surface area contributed by atoms with Crippen molar-refractivity contribution in [2.75, 3.05) is 37.9 Å². The monoisotopic (exact) mass is 300 g/mol. The van der Waals surface area contributed by atoms with E-state index in [-0.39, 0.29) is 5.91 Å². The second-order valence-electron chi connectivity index (χ2n) is 3.86. The summed E-state index contributed by atoms with van der Waals surface area (Å²) >= 11 is 3.10. The predicted octanol–water partition coefficient (Wildman–Crippen LogP) is 1.96. The van der Waals surface area contributed by atoms with Crippen LogP contribution in [-0.2, 0) is 4.79 Å². The van der Waals surface area contributed by atoms with E-state index in [1.807, 2.05) is 38.4 Å². The molecule has 0 heterocycles. The van der Waals surface area contributed by atoms with Crippen LogP contribution in [0.2, 0.25) is 0 Å². The lowest BCUT2D eigenvalue weighted by Gasteiger charge is -2.11. The largest absolute Gasteiger partial charge is 0.492 e. The highest BCUT2D eigenvalue weighted by Gasteiger charge is 2.01. The summed E-state index contributed by atoms with van der Waals surface area (Å²) in [4.78, 5) is 13.2. The van der Waals surface area contributed by atoms with Gasteiger partial charge in [0.2, 0.25) is 5.91 Å². The topological polar surface area (TPSA) is 41.6 Å². The summed E-state index contributed by atoms with van der Waals surface area (Å²) in [6.45, 7) is 1.49. The van der Waals surface area contributed by atoms with Crippen molar-refractivity contribution in [1.82, 2.24) is 4.90 Å². The number of hydrogen-bond acceptors (Lipinski definition) is 3. The van der Waals surface area contributed by atoms with E-state index in [9.17, 15) is 4.79 Å². The third-order valence-corrected chi connectivity index (χ3v) is 2.56. The minimum atomic E-state index is -0.0737. The number of rotatable bonds is 6. The summed E-state index contributed by atoms with van der Waals surface area (Å²) in [5.74, 6) is 0.690. The summed E-state index contributed by atoms with van der Waals surface area (Å²) in [7, 11) is 3.99. The van der Waals surface area contributed by atoms with Crippen molar-refractivity contribution in [3.05, 3.63) is 24.3 Å². The first-order valence-electron chi connectivity index (χ1n) is 5.35. The Labute approximate surface area is 110 Å². The zero-order chi connectivity index (χ0) is 12.7. The number of likely N-dealkylation sites (N-methyl/N-ethyl adjacent to an activating group) is 1. The Morgan fingerprint density at radius 3 is 2.88 bits per heavy atom. The third-order valence-electron chi connectivity index (χ3n) is 2.05. The summed E-state index contributed by atoms with van der Waals surface area (Å²) in [6, 6.07) is 7.38. The number of halogens is 1. The van der Waals surface area contributed by atoms with Crippen LogP contribution in [0, 0.1) is 0 Å². The minimum absolute atomic E-state index is 0.0737. The quantitative estimate of drug-likeness (QED) is 0.817. The number of carbonyl (C=O) groups is 1. The molecule has 1 aromatic rings. The molecule has 4 nitrogen and oxygen atoms in total. The average molecular weight is 301 g/mol. The highest BCUT2D eigenvalue weighted by atomic mass is 79.9. The van der Waals surface area contributed by atoms with E-state index in [2.05, 4.69) is 26.1 Å². The number of benzene rings is 1. The van der Waals surface area contributed by atoms with Crippen LogP contribution in [0.3, 0.4) is 0 Å². The smallest absolute Gasteiger partial charge is 0.235 e. The summed E-state index contributed by atoms with van der Waals surface area (Å²) in [6.07, 6.45) is 0. The van der Waals surface area contributed by atoms with Gasteiger partial charge >= 0.3 is 0 Å². The molecule has 0 atom stereocenters. The second kappa shape index (κ2) is 7.29. The molecule has 0 saturated carbocycles. The highest BCUT2D eigenvalue weighted by Crippen LogP contribution is 2.17. The normalized spacial score (nSPS) is 10.4. The molecule has 0 spiro atoms. The van der Waals surface area contributed by atoms with E-state index in [1.165, 1.54) is 0 Å². The molecular formula is C12H17BrN2O2. The van der Waals surface area contributed by atoms with Crippen molar-refractivity contribution >= 4 is 27.5 Å². The average Bonchev–Trinajstić information content (AvgIpc) is 2.29. The Balaban J connectivity index is 2.50. The van der Waals surface area contributed by atoms with E-state index in [0.29, 0.717) is 11.9 Å². The number of ether oxygens (including phenoxy) is 1. The SMILES string of the molecule is CN(C)CCOc1cccc(NC(=O)CBr)c1. The molecule has 17 heavy (non-hydrogen) atoms. The first-order chi connectivity index (χ1) is 8.11. The molecule has 1 aromatic carbocycles. The van der Waals surface area contributed by atoms with Gasteiger partial charge in [-0.1, -0.05) is 22.0 Å². The van der Waals surface area contributed by atoms with Crippen molar-refractivity contribution in [3.63, 3.8) is 0 Å². The van der Waals surface area contributed by atoms with Crippen molar-refractivity contribution in [2.45, 2.75) is 0 Å². The van der Waals surface area contributed by atoms with Gasteiger partial charge in [-0.2, -0.15) is 0 Å². The zero-order valence-corrected chi connectivity index (χ0v) is 11.7. The summed E-state index contributed by atoms with van der Waals surface area (Å²) in [5, 5.41) is 3.05. The lowest BCUT2D eigenvalue weighted by Crippen LogP contribution is -2.19. The number of nitrogens with zero attached hydrogens (tertiary/aromatic N) is 1. The molecule has 0 aliphatic heterocycles. The van der Waals surface area contributed by atoms with Crippen LogP contribution in [0.4, 0.5) is 5.69 Å². The van der Waals surface area contributed by atoms with Crippen LogP contribution in [0.1, 0.15) is 0 Å². The van der Waals surface area contributed by atoms with Crippen LogP contribution in [-0.4, -0.2) is 43.4 Å². The maximum Gasteiger partial charge on any atom is 0.235 e. The molecule has 0 aliphatic carbocycles. The lowest BCUT2D eigenvalue weighted by atomic mass is 10.3. The van der Waals surface area contributed by atoms with Gasteiger partial charge in [0, 0.05) is 18.3 Å². The number of anilines is 1. The second-order valence-corrected chi connectivity index (χ2v) is 4.42. The Bertz CT molecular complexity index is 369. The Morgan fingerprint density at radius 1 is 1.47 bits per heavy atom. The van der Waals surface area contributed by atoms with Gasteiger partial charge in [0.05, 0.1) is 5.33 Å². The van der Waals surface area contributed by atoms with Crippen molar-refractivity contribution in [3.8, 4) is 5.75 Å². The van der Waals surface area contributed by atoms with Gasteiger partial charge in [-0.3, -0.25) is 4.79 Å². The summed E-state index contributed by atoms with van der Waals surface area (Å²) in [5.41, 5.74) is 0.747. The van der Waals surface area contributed by atoms with Gasteiger partial charge in [0.1, 0.15) is 12.4 Å². The van der Waals surface area contributed by atoms with Gasteiger partial charge in [-0.25, -0.2) is 0 Å². The maximum atomic E-state index is 11.2. The van der Waals surface area contributed by atoms with Gasteiger partial charge in [0.15, 0.2) is 0 Å². The Hall–Kier alpha value is -1.07. The molecule has 94 valence electrons. The first-order valence-corrected chi connectivity index (χ1v) is 6.47. The molecule has 0 fully saturated rings. The van der Waals surface area contributed by atoms with E-state index in [4.69, 9.17) is 4.74 Å². The van der Waals surface area contributed by atoms with Gasteiger partial charge < -0.3 is 15.0 Å². The molecule has 5 heteroatoms. The molecule has 1 rings (SSSR count). The fourth-order valence-corrected chi connectivity index (χ4v) is 1.34. The van der Waals surface area contributed by atoms with Crippen LogP contribution >= 0.6 is 15.9 Å². The van der Waals surface area contributed by atoms with Crippen molar-refractivity contribution in [1.29, 1.82) is 0 Å². The number of carbonyl (C=O) groups excluding carboxylic acids is 1. The number of alkyl halides is 1. The molecule has 0 aliphatic rings. The van der Waals surface area contributed by atoms with Crippen molar-refractivity contribution < 1.29 is 9.53 Å². The molecule has 1 amide bonds. The summed E-state index contributed by atoms with van der Waals surface area (Å²) < 4.78 is 5.57. The highest BCUT2D eigenvalue weighted by molar-refractivity contribution is 9.09. The number of nitrogens with one attached hydrogen (secondary N) is 1. The number of hydrogen-bond donors (Lipinski definition) is 1. The van der Waals surface area contributed by atoms with Crippen LogP contribution in [0.15, 0.2) is 24.3 Å². The number of amides is 1. The fourth-order valence-electron chi connectivity index (χ4n) is 1.20. The standard InChI is InChI=1S/C12H17BrN2O2/c1-15(2)6-7-17-11-5-3-4-10(8-11)14-12(16)9-13/h3-5,8H,6-7,9H2,1-2H3,(H,14,16). The van der Waals surface area contributed by atoms with E-state index >= 15 is 0 Å². The van der Waals surface area contributed by atoms with Crippen LogP contribution in [0.25, 0.3) is 0 Å². The van der Waals surface area contributed by atoms with E-state index in [0.717, 1.165) is 18.0 Å². The fraction of sp³-hybridized carbons (Fsp3) is 0.417. The predicted molar refractivity (Wildman–Crippen MR) is 72.9 cm³/mol.